The van der Waals surface area contributed by atoms with Crippen molar-refractivity contribution in [2.75, 3.05) is 5.75 Å². The summed E-state index contributed by atoms with van der Waals surface area (Å²) in [6.07, 6.45) is -2.76. The number of alkyl halides is 3. The zero-order valence-corrected chi connectivity index (χ0v) is 13.2. The first-order chi connectivity index (χ1) is 9.88. The van der Waals surface area contributed by atoms with E-state index in [1.807, 2.05) is 6.07 Å². The average Bonchev–Trinajstić information content (AvgIpc) is 2.45. The highest BCUT2D eigenvalue weighted by atomic mass is 79.9. The Bertz CT molecular complexity index is 602. The molecular formula is C14H12BrF3N2S. The smallest absolute Gasteiger partial charge is 0.323 e. The minimum Gasteiger partial charge on any atom is -0.323 e. The van der Waals surface area contributed by atoms with Gasteiger partial charge in [-0.3, -0.25) is 0 Å². The zero-order valence-electron chi connectivity index (χ0n) is 10.8. The number of benzene rings is 1. The maximum atomic E-state index is 12.9. The van der Waals surface area contributed by atoms with Gasteiger partial charge in [-0.1, -0.05) is 18.2 Å². The third-order valence-corrected chi connectivity index (χ3v) is 4.31. The lowest BCUT2D eigenvalue weighted by atomic mass is 10.0. The molecule has 0 spiro atoms. The van der Waals surface area contributed by atoms with Gasteiger partial charge in [-0.2, -0.15) is 13.2 Å². The average molecular weight is 377 g/mol. The largest absolute Gasteiger partial charge is 0.416 e. The monoisotopic (exact) mass is 376 g/mol. The summed E-state index contributed by atoms with van der Waals surface area (Å²) in [4.78, 5) is 4.15. The van der Waals surface area contributed by atoms with Crippen molar-refractivity contribution in [2.24, 2.45) is 5.73 Å². The van der Waals surface area contributed by atoms with Crippen molar-refractivity contribution >= 4 is 27.7 Å². The third kappa shape index (κ3) is 4.46. The van der Waals surface area contributed by atoms with Crippen LogP contribution in [-0.2, 0) is 6.18 Å². The topological polar surface area (TPSA) is 38.9 Å². The van der Waals surface area contributed by atoms with E-state index in [0.717, 1.165) is 15.6 Å². The molecule has 2 rings (SSSR count). The summed E-state index contributed by atoms with van der Waals surface area (Å²) in [5, 5.41) is 0.720. The van der Waals surface area contributed by atoms with Crippen LogP contribution in [0.2, 0.25) is 0 Å². The van der Waals surface area contributed by atoms with Gasteiger partial charge in [0.1, 0.15) is 0 Å². The number of rotatable bonds is 4. The van der Waals surface area contributed by atoms with Crippen LogP contribution in [0.5, 0.6) is 0 Å². The molecule has 1 unspecified atom stereocenters. The molecule has 0 radical (unpaired) electrons. The van der Waals surface area contributed by atoms with E-state index < -0.39 is 17.8 Å². The molecule has 0 bridgehead atoms. The predicted octanol–water partition coefficient (Wildman–Crippen LogP) is 4.66. The summed E-state index contributed by atoms with van der Waals surface area (Å²) in [7, 11) is 0. The highest BCUT2D eigenvalue weighted by Gasteiger charge is 2.34. The molecule has 1 aromatic heterocycles. The number of pyridine rings is 1. The maximum absolute atomic E-state index is 12.9. The highest BCUT2D eigenvalue weighted by Crippen LogP contribution is 2.35. The fourth-order valence-electron chi connectivity index (χ4n) is 1.79. The molecule has 0 aliphatic heterocycles. The standard InChI is InChI=1S/C14H12BrF3N2S/c15-9-5-6-13(20-7-9)21-8-12(19)10-3-1-2-4-11(10)14(16,17)18/h1-7,12H,8,19H2. The second kappa shape index (κ2) is 6.81. The molecule has 0 aliphatic carbocycles. The molecule has 21 heavy (non-hydrogen) atoms. The van der Waals surface area contributed by atoms with Crippen molar-refractivity contribution < 1.29 is 13.2 Å². The second-order valence-corrected chi connectivity index (χ2v) is 6.27. The summed E-state index contributed by atoms with van der Waals surface area (Å²) >= 11 is 4.60. The third-order valence-electron chi connectivity index (χ3n) is 2.78. The van der Waals surface area contributed by atoms with Crippen molar-refractivity contribution in [3.05, 3.63) is 58.2 Å². The van der Waals surface area contributed by atoms with Crippen LogP contribution in [0, 0.1) is 0 Å². The molecule has 2 nitrogen and oxygen atoms in total. The van der Waals surface area contributed by atoms with Crippen molar-refractivity contribution in [1.29, 1.82) is 0 Å². The van der Waals surface area contributed by atoms with Crippen molar-refractivity contribution in [2.45, 2.75) is 17.2 Å². The van der Waals surface area contributed by atoms with Crippen LogP contribution in [0.4, 0.5) is 13.2 Å². The predicted molar refractivity (Wildman–Crippen MR) is 81.0 cm³/mol. The summed E-state index contributed by atoms with van der Waals surface area (Å²) in [6.45, 7) is 0. The van der Waals surface area contributed by atoms with Gasteiger partial charge in [0.05, 0.1) is 10.6 Å². The number of halogens is 4. The minimum absolute atomic E-state index is 0.106. The van der Waals surface area contributed by atoms with Crippen LogP contribution in [0.25, 0.3) is 0 Å². The summed E-state index contributed by atoms with van der Waals surface area (Å²) in [6, 6.07) is 8.30. The lowest BCUT2D eigenvalue weighted by molar-refractivity contribution is -0.138. The van der Waals surface area contributed by atoms with Gasteiger partial charge in [0.25, 0.3) is 0 Å². The number of aromatic nitrogens is 1. The van der Waals surface area contributed by atoms with Gasteiger partial charge < -0.3 is 5.73 Å². The Hall–Kier alpha value is -1.05. The van der Waals surface area contributed by atoms with E-state index in [4.69, 9.17) is 5.73 Å². The molecule has 1 heterocycles. The van der Waals surface area contributed by atoms with Crippen LogP contribution in [0.3, 0.4) is 0 Å². The van der Waals surface area contributed by atoms with Crippen LogP contribution >= 0.6 is 27.7 Å². The Morgan fingerprint density at radius 2 is 1.90 bits per heavy atom. The number of hydrogen-bond acceptors (Lipinski definition) is 3. The van der Waals surface area contributed by atoms with Gasteiger partial charge >= 0.3 is 6.18 Å². The molecule has 7 heteroatoms. The lowest BCUT2D eigenvalue weighted by Gasteiger charge is -2.17. The van der Waals surface area contributed by atoms with Gasteiger partial charge in [0.2, 0.25) is 0 Å². The highest BCUT2D eigenvalue weighted by molar-refractivity contribution is 9.10. The summed E-state index contributed by atoms with van der Waals surface area (Å²) in [5.74, 6) is 0.321. The number of nitrogens with two attached hydrogens (primary N) is 1. The Morgan fingerprint density at radius 3 is 2.52 bits per heavy atom. The van der Waals surface area contributed by atoms with Crippen molar-refractivity contribution in [3.63, 3.8) is 0 Å². The first-order valence-corrected chi connectivity index (χ1v) is 7.82. The van der Waals surface area contributed by atoms with E-state index in [0.29, 0.717) is 5.75 Å². The molecule has 0 aliphatic rings. The van der Waals surface area contributed by atoms with Crippen molar-refractivity contribution in [3.8, 4) is 0 Å². The molecular weight excluding hydrogens is 365 g/mol. The summed E-state index contributed by atoms with van der Waals surface area (Å²) < 4.78 is 39.7. The van der Waals surface area contributed by atoms with Crippen LogP contribution in [0.15, 0.2) is 52.1 Å². The summed E-state index contributed by atoms with van der Waals surface area (Å²) in [5.41, 5.74) is 5.34. The zero-order chi connectivity index (χ0) is 15.5. The molecule has 0 fully saturated rings. The maximum Gasteiger partial charge on any atom is 0.416 e. The Kier molecular flexibility index (Phi) is 5.29. The van der Waals surface area contributed by atoms with Gasteiger partial charge in [-0.25, -0.2) is 4.98 Å². The normalized spacial score (nSPS) is 13.2. The Morgan fingerprint density at radius 1 is 1.19 bits per heavy atom. The van der Waals surface area contributed by atoms with Crippen LogP contribution in [-0.4, -0.2) is 10.7 Å². The van der Waals surface area contributed by atoms with Gasteiger partial charge in [-0.15, -0.1) is 11.8 Å². The van der Waals surface area contributed by atoms with E-state index in [2.05, 4.69) is 20.9 Å². The molecule has 112 valence electrons. The Labute approximate surface area is 133 Å². The first kappa shape index (κ1) is 16.3. The van der Waals surface area contributed by atoms with E-state index in [9.17, 15) is 13.2 Å². The molecule has 0 saturated carbocycles. The van der Waals surface area contributed by atoms with Gasteiger partial charge in [0, 0.05) is 22.5 Å². The molecule has 0 saturated heterocycles. The van der Waals surface area contributed by atoms with E-state index in [-0.39, 0.29) is 5.56 Å². The second-order valence-electron chi connectivity index (χ2n) is 4.32. The van der Waals surface area contributed by atoms with Gasteiger partial charge in [0.15, 0.2) is 0 Å². The lowest BCUT2D eigenvalue weighted by Crippen LogP contribution is -2.19. The molecule has 2 aromatic rings. The van der Waals surface area contributed by atoms with Crippen LogP contribution in [0.1, 0.15) is 17.2 Å². The molecule has 1 aromatic carbocycles. The van der Waals surface area contributed by atoms with E-state index in [1.54, 1.807) is 18.3 Å². The minimum atomic E-state index is -4.39. The molecule has 0 amide bonds. The fourth-order valence-corrected chi connectivity index (χ4v) is 2.85. The number of nitrogens with zero attached hydrogens (tertiary/aromatic N) is 1. The Balaban J connectivity index is 2.10. The SMILES string of the molecule is NC(CSc1ccc(Br)cn1)c1ccccc1C(F)(F)F. The molecule has 1 atom stereocenters. The molecule has 2 N–H and O–H groups in total. The fraction of sp³-hybridized carbons (Fsp3) is 0.214. The van der Waals surface area contributed by atoms with Crippen LogP contribution < -0.4 is 5.73 Å². The quantitative estimate of drug-likeness (QED) is 0.788. The van der Waals surface area contributed by atoms with Gasteiger partial charge in [-0.05, 0) is 39.7 Å². The number of thioether (sulfide) groups is 1. The van der Waals surface area contributed by atoms with Crippen molar-refractivity contribution in [1.82, 2.24) is 4.98 Å². The van der Waals surface area contributed by atoms with E-state index >= 15 is 0 Å². The van der Waals surface area contributed by atoms with E-state index in [1.165, 1.54) is 23.9 Å². The number of hydrogen-bond donors (Lipinski definition) is 1. The first-order valence-electron chi connectivity index (χ1n) is 6.04.